The van der Waals surface area contributed by atoms with Crippen LogP contribution in [0.15, 0.2) is 30.3 Å². The first-order valence-electron chi connectivity index (χ1n) is 4.64. The molecule has 0 aromatic heterocycles. The predicted molar refractivity (Wildman–Crippen MR) is 54.9 cm³/mol. The van der Waals surface area contributed by atoms with Crippen molar-refractivity contribution in [1.82, 2.24) is 5.32 Å². The Kier molecular flexibility index (Phi) is 4.34. The van der Waals surface area contributed by atoms with Gasteiger partial charge in [-0.1, -0.05) is 30.3 Å². The molecule has 4 nitrogen and oxygen atoms in total. The minimum Gasteiger partial charge on any atom is -0.459 e. The molecule has 0 aliphatic heterocycles. The van der Waals surface area contributed by atoms with Gasteiger partial charge >= 0.3 is 5.97 Å². The molecule has 1 aromatic carbocycles. The summed E-state index contributed by atoms with van der Waals surface area (Å²) in [6.45, 7) is 1.80. The van der Waals surface area contributed by atoms with Crippen LogP contribution in [0, 0.1) is 0 Å². The lowest BCUT2D eigenvalue weighted by Gasteiger charge is -2.09. The van der Waals surface area contributed by atoms with Gasteiger partial charge in [-0.2, -0.15) is 0 Å². The lowest BCUT2D eigenvalue weighted by atomic mass is 10.2. The molecule has 4 heteroatoms. The smallest absolute Gasteiger partial charge is 0.328 e. The Morgan fingerprint density at radius 2 is 2.13 bits per heavy atom. The maximum absolute atomic E-state index is 11.3. The summed E-state index contributed by atoms with van der Waals surface area (Å²) in [4.78, 5) is 21.3. The third-order valence-corrected chi connectivity index (χ3v) is 1.90. The predicted octanol–water partition coefficient (Wildman–Crippen LogP) is 0.864. The molecule has 1 rings (SSSR count). The van der Waals surface area contributed by atoms with Crippen molar-refractivity contribution in [2.75, 3.05) is 0 Å². The van der Waals surface area contributed by atoms with Crippen molar-refractivity contribution in [3.05, 3.63) is 35.9 Å². The maximum atomic E-state index is 11.3. The van der Waals surface area contributed by atoms with Crippen LogP contribution in [0.2, 0.25) is 0 Å². The Labute approximate surface area is 88.2 Å². The largest absolute Gasteiger partial charge is 0.459 e. The van der Waals surface area contributed by atoms with Crippen LogP contribution in [0.25, 0.3) is 0 Å². The van der Waals surface area contributed by atoms with Crippen LogP contribution in [-0.4, -0.2) is 18.4 Å². The Morgan fingerprint density at radius 1 is 1.47 bits per heavy atom. The molecule has 0 bridgehead atoms. The number of hydrogen-bond acceptors (Lipinski definition) is 3. The summed E-state index contributed by atoms with van der Waals surface area (Å²) >= 11 is 0. The molecule has 1 amide bonds. The summed E-state index contributed by atoms with van der Waals surface area (Å²) in [5.74, 6) is -0.439. The summed E-state index contributed by atoms with van der Waals surface area (Å²) in [6, 6.07) is 8.76. The minimum absolute atomic E-state index is 0.227. The van der Waals surface area contributed by atoms with Crippen LogP contribution in [0.1, 0.15) is 12.5 Å². The average molecular weight is 207 g/mol. The molecule has 80 valence electrons. The lowest BCUT2D eigenvalue weighted by Crippen LogP contribution is -2.34. The van der Waals surface area contributed by atoms with E-state index in [1.54, 1.807) is 6.92 Å². The number of carbonyl (C=O) groups is 2. The van der Waals surface area contributed by atoms with Gasteiger partial charge < -0.3 is 10.1 Å². The van der Waals surface area contributed by atoms with E-state index in [0.29, 0.717) is 6.41 Å². The molecule has 0 saturated carbocycles. The molecular weight excluding hydrogens is 194 g/mol. The highest BCUT2D eigenvalue weighted by Gasteiger charge is 2.12. The summed E-state index contributed by atoms with van der Waals surface area (Å²) in [6.07, 6.45) is 0.481. The van der Waals surface area contributed by atoms with Crippen molar-refractivity contribution in [2.45, 2.75) is 19.6 Å². The standard InChI is InChI=1S/C11H13NO3/c1-9(12-8-13)11(14)15-7-10-5-3-2-4-6-10/h2-6,8-9H,7H2,1H3,(H,12,13)/t9-/m1/s1. The molecule has 15 heavy (non-hydrogen) atoms. The first kappa shape index (κ1) is 11.2. The number of carbonyl (C=O) groups excluding carboxylic acids is 2. The van der Waals surface area contributed by atoms with Crippen LogP contribution in [0.4, 0.5) is 0 Å². The van der Waals surface area contributed by atoms with Crippen molar-refractivity contribution in [2.24, 2.45) is 0 Å². The van der Waals surface area contributed by atoms with E-state index in [-0.39, 0.29) is 6.61 Å². The Morgan fingerprint density at radius 3 is 2.73 bits per heavy atom. The lowest BCUT2D eigenvalue weighted by molar-refractivity contribution is -0.147. The van der Waals surface area contributed by atoms with Gasteiger partial charge in [0.05, 0.1) is 0 Å². The highest BCUT2D eigenvalue weighted by molar-refractivity contribution is 5.77. The number of esters is 1. The topological polar surface area (TPSA) is 55.4 Å². The summed E-state index contributed by atoms with van der Waals surface area (Å²) in [5, 5.41) is 2.33. The fourth-order valence-electron chi connectivity index (χ4n) is 1.02. The molecule has 0 aliphatic rings. The second-order valence-corrected chi connectivity index (χ2v) is 3.10. The summed E-state index contributed by atoms with van der Waals surface area (Å²) in [5.41, 5.74) is 0.921. The van der Waals surface area contributed by atoms with E-state index < -0.39 is 12.0 Å². The van der Waals surface area contributed by atoms with E-state index in [4.69, 9.17) is 4.74 Å². The van der Waals surface area contributed by atoms with Gasteiger partial charge in [0.15, 0.2) is 0 Å². The molecule has 1 aromatic rings. The van der Waals surface area contributed by atoms with Crippen molar-refractivity contribution in [3.8, 4) is 0 Å². The number of amides is 1. The fraction of sp³-hybridized carbons (Fsp3) is 0.273. The first-order chi connectivity index (χ1) is 7.24. The number of nitrogens with one attached hydrogen (secondary N) is 1. The van der Waals surface area contributed by atoms with Crippen LogP contribution in [0.3, 0.4) is 0 Å². The summed E-state index contributed by atoms with van der Waals surface area (Å²) in [7, 11) is 0. The third kappa shape index (κ3) is 3.81. The first-order valence-corrected chi connectivity index (χ1v) is 4.64. The number of hydrogen-bond donors (Lipinski definition) is 1. The van der Waals surface area contributed by atoms with Gasteiger partial charge in [0.1, 0.15) is 12.6 Å². The van der Waals surface area contributed by atoms with E-state index in [2.05, 4.69) is 5.32 Å². The van der Waals surface area contributed by atoms with Crippen molar-refractivity contribution < 1.29 is 14.3 Å². The minimum atomic E-state index is -0.605. The molecule has 0 saturated heterocycles. The van der Waals surface area contributed by atoms with Crippen LogP contribution < -0.4 is 5.32 Å². The molecule has 0 aliphatic carbocycles. The van der Waals surface area contributed by atoms with Gasteiger partial charge in [-0.25, -0.2) is 4.79 Å². The van der Waals surface area contributed by atoms with Crippen molar-refractivity contribution >= 4 is 12.4 Å². The van der Waals surface area contributed by atoms with Gasteiger partial charge in [-0.05, 0) is 12.5 Å². The second-order valence-electron chi connectivity index (χ2n) is 3.10. The van der Waals surface area contributed by atoms with Gasteiger partial charge in [-0.15, -0.1) is 0 Å². The summed E-state index contributed by atoms with van der Waals surface area (Å²) < 4.78 is 4.98. The number of rotatable bonds is 5. The zero-order chi connectivity index (χ0) is 11.1. The van der Waals surface area contributed by atoms with E-state index >= 15 is 0 Å². The van der Waals surface area contributed by atoms with Gasteiger partial charge in [0.25, 0.3) is 0 Å². The molecule has 0 fully saturated rings. The SMILES string of the molecule is C[C@@H](NC=O)C(=O)OCc1ccccc1. The third-order valence-electron chi connectivity index (χ3n) is 1.90. The van der Waals surface area contributed by atoms with Crippen molar-refractivity contribution in [3.63, 3.8) is 0 Å². The molecule has 0 heterocycles. The van der Waals surface area contributed by atoms with Crippen LogP contribution in [-0.2, 0) is 20.9 Å². The van der Waals surface area contributed by atoms with E-state index in [9.17, 15) is 9.59 Å². The van der Waals surface area contributed by atoms with E-state index in [1.807, 2.05) is 30.3 Å². The average Bonchev–Trinajstić information content (AvgIpc) is 2.27. The molecule has 1 N–H and O–H groups in total. The zero-order valence-corrected chi connectivity index (χ0v) is 8.47. The maximum Gasteiger partial charge on any atom is 0.328 e. The Bertz CT molecular complexity index is 324. The zero-order valence-electron chi connectivity index (χ0n) is 8.47. The van der Waals surface area contributed by atoms with Gasteiger partial charge in [0, 0.05) is 0 Å². The molecule has 0 radical (unpaired) electrons. The van der Waals surface area contributed by atoms with Gasteiger partial charge in [-0.3, -0.25) is 4.79 Å². The Balaban J connectivity index is 2.37. The van der Waals surface area contributed by atoms with Gasteiger partial charge in [0.2, 0.25) is 6.41 Å². The van der Waals surface area contributed by atoms with Crippen LogP contribution >= 0.6 is 0 Å². The van der Waals surface area contributed by atoms with Crippen molar-refractivity contribution in [1.29, 1.82) is 0 Å². The van der Waals surface area contributed by atoms with E-state index in [0.717, 1.165) is 5.56 Å². The molecule has 0 spiro atoms. The number of ether oxygens (including phenoxy) is 1. The molecular formula is C11H13NO3. The quantitative estimate of drug-likeness (QED) is 0.575. The highest BCUT2D eigenvalue weighted by atomic mass is 16.5. The molecule has 1 atom stereocenters. The fourth-order valence-corrected chi connectivity index (χ4v) is 1.02. The monoisotopic (exact) mass is 207 g/mol. The Hall–Kier alpha value is -1.84. The molecule has 0 unspecified atom stereocenters. The van der Waals surface area contributed by atoms with Crippen LogP contribution in [0.5, 0.6) is 0 Å². The number of benzene rings is 1. The highest BCUT2D eigenvalue weighted by Crippen LogP contribution is 2.01. The second kappa shape index (κ2) is 5.80. The van der Waals surface area contributed by atoms with E-state index in [1.165, 1.54) is 0 Å². The normalized spacial score (nSPS) is 11.5.